The van der Waals surface area contributed by atoms with Crippen LogP contribution in [-0.2, 0) is 16.0 Å². The molecule has 0 saturated heterocycles. The van der Waals surface area contributed by atoms with Gasteiger partial charge in [-0.25, -0.2) is 0 Å². The van der Waals surface area contributed by atoms with Crippen molar-refractivity contribution in [1.29, 1.82) is 0 Å². The van der Waals surface area contributed by atoms with Crippen LogP contribution in [0.25, 0.3) is 0 Å². The lowest BCUT2D eigenvalue weighted by molar-refractivity contribution is -0.143. The van der Waals surface area contributed by atoms with E-state index in [1.165, 1.54) is 0 Å². The second kappa shape index (κ2) is 13.4. The maximum Gasteiger partial charge on any atom is 0.305 e. The first kappa shape index (κ1) is 24.3. The van der Waals surface area contributed by atoms with E-state index >= 15 is 0 Å². The van der Waals surface area contributed by atoms with E-state index in [-0.39, 0.29) is 28.1 Å². The zero-order chi connectivity index (χ0) is 20.9. The molecule has 0 bridgehead atoms. The predicted molar refractivity (Wildman–Crippen MR) is 111 cm³/mol. The van der Waals surface area contributed by atoms with Crippen molar-refractivity contribution in [2.24, 2.45) is 0 Å². The van der Waals surface area contributed by atoms with Crippen molar-refractivity contribution in [3.63, 3.8) is 0 Å². The van der Waals surface area contributed by atoms with Gasteiger partial charge in [0.1, 0.15) is 11.5 Å². The van der Waals surface area contributed by atoms with Gasteiger partial charge in [0.25, 0.3) is 0 Å². The van der Waals surface area contributed by atoms with Gasteiger partial charge in [-0.3, -0.25) is 9.59 Å². The fraction of sp³-hybridized carbons (Fsp3) is 0.636. The van der Waals surface area contributed by atoms with Gasteiger partial charge in [0.05, 0.1) is 17.2 Å². The summed E-state index contributed by atoms with van der Waals surface area (Å²) in [6.45, 7) is 4.19. The lowest BCUT2D eigenvalue weighted by atomic mass is 9.98. The number of hydrogen-bond donors (Lipinski definition) is 2. The molecule has 0 aliphatic carbocycles. The zero-order valence-corrected chi connectivity index (χ0v) is 17.8. The molecule has 2 N–H and O–H groups in total. The van der Waals surface area contributed by atoms with Crippen LogP contribution in [0.2, 0.25) is 5.02 Å². The van der Waals surface area contributed by atoms with Crippen LogP contribution in [-0.4, -0.2) is 29.1 Å². The molecule has 0 fully saturated rings. The summed E-state index contributed by atoms with van der Waals surface area (Å²) < 4.78 is 5.12. The highest BCUT2D eigenvalue weighted by atomic mass is 35.5. The van der Waals surface area contributed by atoms with E-state index in [1.807, 2.05) is 0 Å². The number of halogens is 1. The Labute approximate surface area is 173 Å². The predicted octanol–water partition coefficient (Wildman–Crippen LogP) is 5.88. The van der Waals surface area contributed by atoms with E-state index in [0.717, 1.165) is 57.8 Å². The van der Waals surface area contributed by atoms with Crippen LogP contribution in [0.4, 0.5) is 0 Å². The molecule has 0 radical (unpaired) electrons. The van der Waals surface area contributed by atoms with Crippen LogP contribution < -0.4 is 0 Å². The summed E-state index contributed by atoms with van der Waals surface area (Å²) in [5.41, 5.74) is 0.884. The van der Waals surface area contributed by atoms with Crippen molar-refractivity contribution < 1.29 is 24.5 Å². The van der Waals surface area contributed by atoms with Gasteiger partial charge in [0.2, 0.25) is 0 Å². The van der Waals surface area contributed by atoms with E-state index in [0.29, 0.717) is 36.9 Å². The number of carbonyl (C=O) groups excluding carboxylic acids is 2. The minimum atomic E-state index is -0.166. The molecule has 1 aromatic carbocycles. The normalized spacial score (nSPS) is 10.8. The summed E-state index contributed by atoms with van der Waals surface area (Å²) in [6.07, 6.45) is 10.3. The largest absolute Gasteiger partial charge is 0.507 e. The molecule has 0 unspecified atom stereocenters. The Balaban J connectivity index is 2.21. The quantitative estimate of drug-likeness (QED) is 0.226. The number of rotatable bonds is 14. The molecule has 0 saturated carbocycles. The van der Waals surface area contributed by atoms with E-state index in [4.69, 9.17) is 16.3 Å². The highest BCUT2D eigenvalue weighted by molar-refractivity contribution is 6.33. The molecular weight excluding hydrogens is 380 g/mol. The number of ether oxygens (including phenoxy) is 1. The maximum atomic E-state index is 11.5. The average Bonchev–Trinajstić information content (AvgIpc) is 2.68. The van der Waals surface area contributed by atoms with Gasteiger partial charge >= 0.3 is 5.97 Å². The number of benzene rings is 1. The lowest BCUT2D eigenvalue weighted by Gasteiger charge is -2.13. The molecule has 0 atom stereocenters. The molecule has 28 heavy (non-hydrogen) atoms. The number of unbranched alkanes of at least 4 members (excludes halogenated alkanes) is 7. The molecule has 0 aliphatic heterocycles. The van der Waals surface area contributed by atoms with Crippen LogP contribution in [0.5, 0.6) is 11.5 Å². The molecule has 0 spiro atoms. The average molecular weight is 413 g/mol. The monoisotopic (exact) mass is 412 g/mol. The van der Waals surface area contributed by atoms with E-state index < -0.39 is 0 Å². The summed E-state index contributed by atoms with van der Waals surface area (Å²) in [4.78, 5) is 22.6. The summed E-state index contributed by atoms with van der Waals surface area (Å²) in [6, 6.07) is 0. The van der Waals surface area contributed by atoms with E-state index in [1.54, 1.807) is 6.92 Å². The molecular formula is C22H33ClO5. The van der Waals surface area contributed by atoms with Crippen LogP contribution in [0.15, 0.2) is 0 Å². The number of phenolic OH excluding ortho intramolecular Hbond substituents is 2. The molecule has 0 aliphatic rings. The van der Waals surface area contributed by atoms with Crippen molar-refractivity contribution in [2.75, 3.05) is 6.61 Å². The molecule has 5 nitrogen and oxygen atoms in total. The van der Waals surface area contributed by atoms with Gasteiger partial charge in [-0.05, 0) is 38.2 Å². The topological polar surface area (TPSA) is 83.8 Å². The molecule has 1 aromatic rings. The number of phenols is 2. The second-order valence-electron chi connectivity index (χ2n) is 7.20. The fourth-order valence-electron chi connectivity index (χ4n) is 3.12. The highest BCUT2D eigenvalue weighted by Crippen LogP contribution is 2.40. The first-order chi connectivity index (χ1) is 13.4. The van der Waals surface area contributed by atoms with Crippen LogP contribution in [0, 0.1) is 6.92 Å². The van der Waals surface area contributed by atoms with Crippen LogP contribution in [0.3, 0.4) is 0 Å². The Morgan fingerprint density at radius 1 is 1.00 bits per heavy atom. The highest BCUT2D eigenvalue weighted by Gasteiger charge is 2.19. The van der Waals surface area contributed by atoms with Gasteiger partial charge in [0.15, 0.2) is 6.29 Å². The molecule has 6 heteroatoms. The Bertz CT molecular complexity index is 643. The van der Waals surface area contributed by atoms with Gasteiger partial charge in [-0.1, -0.05) is 57.0 Å². The molecule has 0 heterocycles. The summed E-state index contributed by atoms with van der Waals surface area (Å²) in [7, 11) is 0. The Kier molecular flexibility index (Phi) is 11.7. The lowest BCUT2D eigenvalue weighted by Crippen LogP contribution is -2.05. The first-order valence-electron chi connectivity index (χ1n) is 10.3. The first-order valence-corrected chi connectivity index (χ1v) is 10.6. The Hall–Kier alpha value is -1.75. The smallest absolute Gasteiger partial charge is 0.305 e. The molecule has 1 rings (SSSR count). The molecule has 0 aromatic heterocycles. The third-order valence-electron chi connectivity index (χ3n) is 4.95. The SMILES string of the molecule is CCCCOC(=O)CCCCCCCCCc1c(O)c(Cl)c(C)c(C=O)c1O. The zero-order valence-electron chi connectivity index (χ0n) is 17.1. The maximum absolute atomic E-state index is 11.5. The Morgan fingerprint density at radius 2 is 1.61 bits per heavy atom. The number of hydrogen-bond acceptors (Lipinski definition) is 5. The third-order valence-corrected chi connectivity index (χ3v) is 5.42. The van der Waals surface area contributed by atoms with Gasteiger partial charge in [-0.15, -0.1) is 0 Å². The minimum Gasteiger partial charge on any atom is -0.507 e. The standard InChI is InChI=1S/C22H33ClO5/c1-3-4-14-28-19(25)13-11-9-7-5-6-8-10-12-17-21(26)18(15-24)16(2)20(23)22(17)27/h15,26-27H,3-14H2,1-2H3. The number of esters is 1. The second-order valence-corrected chi connectivity index (χ2v) is 7.57. The molecule has 158 valence electrons. The Morgan fingerprint density at radius 3 is 2.21 bits per heavy atom. The van der Waals surface area contributed by atoms with Crippen molar-refractivity contribution in [2.45, 2.75) is 84.5 Å². The van der Waals surface area contributed by atoms with Gasteiger partial charge in [-0.2, -0.15) is 0 Å². The van der Waals surface area contributed by atoms with E-state index in [2.05, 4.69) is 6.92 Å². The van der Waals surface area contributed by atoms with E-state index in [9.17, 15) is 19.8 Å². The minimum absolute atomic E-state index is 0.0977. The van der Waals surface area contributed by atoms with Crippen LogP contribution >= 0.6 is 11.6 Å². The number of carbonyl (C=O) groups is 2. The van der Waals surface area contributed by atoms with Gasteiger partial charge in [0, 0.05) is 12.0 Å². The van der Waals surface area contributed by atoms with Crippen molar-refractivity contribution in [1.82, 2.24) is 0 Å². The van der Waals surface area contributed by atoms with Gasteiger partial charge < -0.3 is 14.9 Å². The summed E-state index contributed by atoms with van der Waals surface area (Å²) >= 11 is 6.05. The van der Waals surface area contributed by atoms with Crippen molar-refractivity contribution in [3.05, 3.63) is 21.7 Å². The summed E-state index contributed by atoms with van der Waals surface area (Å²) in [5, 5.41) is 20.5. The van der Waals surface area contributed by atoms with Crippen molar-refractivity contribution in [3.8, 4) is 11.5 Å². The van der Waals surface area contributed by atoms with Crippen molar-refractivity contribution >= 4 is 23.9 Å². The third kappa shape index (κ3) is 7.70. The number of aromatic hydroxyl groups is 2. The van der Waals surface area contributed by atoms with Crippen LogP contribution in [0.1, 0.15) is 92.6 Å². The summed E-state index contributed by atoms with van der Waals surface area (Å²) in [5.74, 6) is -0.396. The molecule has 0 amide bonds. The fourth-order valence-corrected chi connectivity index (χ4v) is 3.34. The number of aldehydes is 1.